The van der Waals surface area contributed by atoms with Crippen molar-refractivity contribution < 1.29 is 4.42 Å². The predicted molar refractivity (Wildman–Crippen MR) is 126 cm³/mol. The fourth-order valence-electron chi connectivity index (χ4n) is 3.86. The fraction of sp³-hybridized carbons (Fsp3) is 0.185. The molecular weight excluding hydrogens is 384 g/mol. The van der Waals surface area contributed by atoms with Crippen LogP contribution in [0.15, 0.2) is 63.9 Å². The zero-order valence-corrected chi connectivity index (χ0v) is 18.1. The second kappa shape index (κ2) is 8.12. The zero-order valence-electron chi connectivity index (χ0n) is 18.1. The standard InChI is InChI=1S/C27H24N2O2/c1-6-20-9-7-10-21(15-20)26-17(3)25(30)23-14-16(2)13-22(27(23)31-26)18(4)29-24-11-8-12-28-19(24)5/h1,7-15,18,29H,2-5H3. The highest BCUT2D eigenvalue weighted by atomic mass is 16.3. The van der Waals surface area contributed by atoms with Gasteiger partial charge in [-0.2, -0.15) is 0 Å². The molecule has 1 unspecified atom stereocenters. The van der Waals surface area contributed by atoms with Crippen LogP contribution < -0.4 is 10.7 Å². The van der Waals surface area contributed by atoms with Crippen LogP contribution in [0.4, 0.5) is 5.69 Å². The van der Waals surface area contributed by atoms with E-state index >= 15 is 0 Å². The largest absolute Gasteiger partial charge is 0.455 e. The Kier molecular flexibility index (Phi) is 5.35. The predicted octanol–water partition coefficient (Wildman–Crippen LogP) is 5.93. The van der Waals surface area contributed by atoms with E-state index in [-0.39, 0.29) is 11.5 Å². The molecule has 0 spiro atoms. The molecule has 2 aromatic carbocycles. The van der Waals surface area contributed by atoms with Crippen LogP contribution in [-0.2, 0) is 0 Å². The van der Waals surface area contributed by atoms with Crippen molar-refractivity contribution in [2.24, 2.45) is 0 Å². The third kappa shape index (κ3) is 3.83. The minimum Gasteiger partial charge on any atom is -0.455 e. The van der Waals surface area contributed by atoms with Crippen molar-refractivity contribution in [3.8, 4) is 23.7 Å². The number of anilines is 1. The summed E-state index contributed by atoms with van der Waals surface area (Å²) in [5.41, 5.74) is 6.45. The Balaban J connectivity index is 1.92. The quantitative estimate of drug-likeness (QED) is 0.425. The summed E-state index contributed by atoms with van der Waals surface area (Å²) in [6.45, 7) is 7.80. The smallest absolute Gasteiger partial charge is 0.196 e. The number of aromatic nitrogens is 1. The molecular formula is C27H24N2O2. The van der Waals surface area contributed by atoms with Crippen LogP contribution >= 0.6 is 0 Å². The van der Waals surface area contributed by atoms with E-state index in [1.165, 1.54) is 0 Å². The molecule has 4 nitrogen and oxygen atoms in total. The van der Waals surface area contributed by atoms with E-state index < -0.39 is 0 Å². The third-order valence-corrected chi connectivity index (χ3v) is 5.53. The van der Waals surface area contributed by atoms with Crippen molar-refractivity contribution in [1.29, 1.82) is 0 Å². The van der Waals surface area contributed by atoms with Crippen LogP contribution in [0.25, 0.3) is 22.3 Å². The van der Waals surface area contributed by atoms with Gasteiger partial charge in [-0.15, -0.1) is 6.42 Å². The van der Waals surface area contributed by atoms with E-state index in [1.807, 2.05) is 56.3 Å². The van der Waals surface area contributed by atoms with Crippen molar-refractivity contribution in [3.63, 3.8) is 0 Å². The first-order chi connectivity index (χ1) is 14.9. The van der Waals surface area contributed by atoms with Crippen LogP contribution in [0.5, 0.6) is 0 Å². The van der Waals surface area contributed by atoms with Gasteiger partial charge in [-0.3, -0.25) is 9.78 Å². The SMILES string of the molecule is C#Cc1cccc(-c2oc3c(C(C)Nc4cccnc4C)cc(C)cc3c(=O)c2C)c1. The molecule has 0 saturated carbocycles. The summed E-state index contributed by atoms with van der Waals surface area (Å²) in [6, 6.07) is 15.3. The minimum absolute atomic E-state index is 0.0305. The van der Waals surface area contributed by atoms with Crippen LogP contribution in [0.3, 0.4) is 0 Å². The van der Waals surface area contributed by atoms with Gasteiger partial charge in [-0.1, -0.05) is 24.1 Å². The molecule has 1 N–H and O–H groups in total. The van der Waals surface area contributed by atoms with E-state index in [1.54, 1.807) is 13.1 Å². The van der Waals surface area contributed by atoms with Gasteiger partial charge in [-0.05, 0) is 63.6 Å². The van der Waals surface area contributed by atoms with Crippen LogP contribution in [0.1, 0.15) is 40.9 Å². The molecule has 4 rings (SSSR count). The molecule has 0 bridgehead atoms. The van der Waals surface area contributed by atoms with Gasteiger partial charge in [0.1, 0.15) is 11.3 Å². The van der Waals surface area contributed by atoms with E-state index in [0.29, 0.717) is 22.3 Å². The van der Waals surface area contributed by atoms with Gasteiger partial charge in [-0.25, -0.2) is 0 Å². The maximum Gasteiger partial charge on any atom is 0.196 e. The molecule has 4 heteroatoms. The Hall–Kier alpha value is -3.84. The molecule has 31 heavy (non-hydrogen) atoms. The molecule has 4 aromatic rings. The third-order valence-electron chi connectivity index (χ3n) is 5.53. The molecule has 0 aliphatic heterocycles. The van der Waals surface area contributed by atoms with Crippen LogP contribution in [0, 0.1) is 33.1 Å². The van der Waals surface area contributed by atoms with Crippen molar-refractivity contribution in [2.45, 2.75) is 33.7 Å². The Labute approximate surface area is 182 Å². The summed E-state index contributed by atoms with van der Waals surface area (Å²) in [4.78, 5) is 17.6. The average Bonchev–Trinajstić information content (AvgIpc) is 2.77. The number of terminal acetylenes is 1. The van der Waals surface area contributed by atoms with Crippen LogP contribution in [0.2, 0.25) is 0 Å². The molecule has 0 amide bonds. The lowest BCUT2D eigenvalue weighted by atomic mass is 9.98. The fourth-order valence-corrected chi connectivity index (χ4v) is 3.86. The first-order valence-corrected chi connectivity index (χ1v) is 10.2. The highest BCUT2D eigenvalue weighted by Crippen LogP contribution is 2.32. The van der Waals surface area contributed by atoms with E-state index in [0.717, 1.165) is 33.6 Å². The highest BCUT2D eigenvalue weighted by molar-refractivity contribution is 5.84. The second-order valence-electron chi connectivity index (χ2n) is 7.84. The number of pyridine rings is 1. The first kappa shape index (κ1) is 20.4. The summed E-state index contributed by atoms with van der Waals surface area (Å²) in [7, 11) is 0. The van der Waals surface area contributed by atoms with Crippen molar-refractivity contribution >= 4 is 16.7 Å². The number of nitrogens with one attached hydrogen (secondary N) is 1. The van der Waals surface area contributed by atoms with Gasteiger partial charge in [0.05, 0.1) is 22.8 Å². The van der Waals surface area contributed by atoms with E-state index in [9.17, 15) is 4.79 Å². The molecule has 1 atom stereocenters. The normalized spacial score (nSPS) is 11.8. The van der Waals surface area contributed by atoms with E-state index in [2.05, 4.69) is 29.2 Å². The Morgan fingerprint density at radius 3 is 2.65 bits per heavy atom. The summed E-state index contributed by atoms with van der Waals surface area (Å²) >= 11 is 0. The number of hydrogen-bond acceptors (Lipinski definition) is 4. The van der Waals surface area contributed by atoms with E-state index in [4.69, 9.17) is 10.8 Å². The summed E-state index contributed by atoms with van der Waals surface area (Å²) in [5.74, 6) is 3.19. The Bertz CT molecular complexity index is 1390. The molecule has 0 aliphatic rings. The zero-order chi connectivity index (χ0) is 22.1. The second-order valence-corrected chi connectivity index (χ2v) is 7.84. The maximum absolute atomic E-state index is 13.3. The number of aryl methyl sites for hydroxylation is 2. The summed E-state index contributed by atoms with van der Waals surface area (Å²) in [6.07, 6.45) is 7.34. The number of fused-ring (bicyclic) bond motifs is 1. The molecule has 0 fully saturated rings. The molecule has 2 heterocycles. The van der Waals surface area contributed by atoms with Crippen molar-refractivity contribution in [2.75, 3.05) is 5.32 Å². The summed E-state index contributed by atoms with van der Waals surface area (Å²) < 4.78 is 6.41. The molecule has 154 valence electrons. The summed E-state index contributed by atoms with van der Waals surface area (Å²) in [5, 5.41) is 4.09. The Morgan fingerprint density at radius 1 is 1.10 bits per heavy atom. The number of benzene rings is 2. The van der Waals surface area contributed by atoms with Crippen LogP contribution in [-0.4, -0.2) is 4.98 Å². The van der Waals surface area contributed by atoms with Gasteiger partial charge in [0.25, 0.3) is 0 Å². The van der Waals surface area contributed by atoms with Crippen molar-refractivity contribution in [3.05, 3.63) is 92.9 Å². The monoisotopic (exact) mass is 408 g/mol. The molecule has 2 aromatic heterocycles. The van der Waals surface area contributed by atoms with Gasteiger partial charge in [0.2, 0.25) is 0 Å². The van der Waals surface area contributed by atoms with Gasteiger partial charge < -0.3 is 9.73 Å². The lowest BCUT2D eigenvalue weighted by Crippen LogP contribution is -2.13. The van der Waals surface area contributed by atoms with Gasteiger partial charge in [0, 0.05) is 28.5 Å². The highest BCUT2D eigenvalue weighted by Gasteiger charge is 2.19. The molecule has 0 saturated heterocycles. The topological polar surface area (TPSA) is 55.1 Å². The number of nitrogens with zero attached hydrogens (tertiary/aromatic N) is 1. The Morgan fingerprint density at radius 2 is 1.90 bits per heavy atom. The van der Waals surface area contributed by atoms with Gasteiger partial charge in [0.15, 0.2) is 5.43 Å². The lowest BCUT2D eigenvalue weighted by molar-refractivity contribution is 0.605. The molecule has 0 aliphatic carbocycles. The minimum atomic E-state index is -0.0963. The lowest BCUT2D eigenvalue weighted by Gasteiger charge is -2.19. The number of hydrogen-bond donors (Lipinski definition) is 1. The number of rotatable bonds is 4. The van der Waals surface area contributed by atoms with Gasteiger partial charge >= 0.3 is 0 Å². The first-order valence-electron chi connectivity index (χ1n) is 10.2. The average molecular weight is 409 g/mol. The maximum atomic E-state index is 13.3. The van der Waals surface area contributed by atoms with Crippen molar-refractivity contribution in [1.82, 2.24) is 4.98 Å². The molecule has 0 radical (unpaired) electrons.